The Morgan fingerprint density at radius 3 is 1.56 bits per heavy atom. The lowest BCUT2D eigenvalue weighted by molar-refractivity contribution is 0.318. The van der Waals surface area contributed by atoms with E-state index in [-0.39, 0.29) is 11.5 Å². The van der Waals surface area contributed by atoms with Gasteiger partial charge in [-0.15, -0.1) is 0 Å². The molecule has 0 bridgehead atoms. The van der Waals surface area contributed by atoms with Gasteiger partial charge in [-0.2, -0.15) is 0 Å². The summed E-state index contributed by atoms with van der Waals surface area (Å²) in [5.74, 6) is 1.24. The number of nitrogens with one attached hydrogen (secondary N) is 2. The average Bonchev–Trinajstić information content (AvgIpc) is 2.84. The van der Waals surface area contributed by atoms with E-state index in [1.807, 2.05) is 38.1 Å². The Balaban J connectivity index is 1.48. The Bertz CT molecular complexity index is 829. The maximum Gasteiger partial charge on any atom is 0.166 e. The van der Waals surface area contributed by atoms with Gasteiger partial charge in [-0.05, 0) is 64.0 Å². The fourth-order valence-electron chi connectivity index (χ4n) is 3.17. The summed E-state index contributed by atoms with van der Waals surface area (Å²) in [5.41, 5.74) is 1.34. The van der Waals surface area contributed by atoms with Gasteiger partial charge in [0.25, 0.3) is 0 Å². The third-order valence-electron chi connectivity index (χ3n) is 4.88. The Labute approximate surface area is 202 Å². The molecule has 0 aliphatic carbocycles. The third kappa shape index (κ3) is 9.80. The summed E-state index contributed by atoms with van der Waals surface area (Å²) in [5, 5.41) is 27.1. The molecule has 0 atom stereocenters. The second-order valence-corrected chi connectivity index (χ2v) is 7.53. The molecule has 34 heavy (non-hydrogen) atoms. The fraction of sp³-hybridized carbons (Fsp3) is 0.462. The number of rotatable bonds is 17. The molecule has 0 fully saturated rings. The molecule has 0 heterocycles. The van der Waals surface area contributed by atoms with Crippen LogP contribution in [0.15, 0.2) is 46.4 Å². The van der Waals surface area contributed by atoms with Crippen molar-refractivity contribution in [3.8, 4) is 23.0 Å². The van der Waals surface area contributed by atoms with Gasteiger partial charge in [-0.3, -0.25) is 9.98 Å². The van der Waals surface area contributed by atoms with Crippen molar-refractivity contribution in [2.45, 2.75) is 26.7 Å². The molecule has 186 valence electrons. The maximum atomic E-state index is 10.1. The van der Waals surface area contributed by atoms with E-state index >= 15 is 0 Å². The average molecular weight is 471 g/mol. The lowest BCUT2D eigenvalue weighted by Crippen LogP contribution is -2.29. The van der Waals surface area contributed by atoms with Gasteiger partial charge >= 0.3 is 0 Å². The lowest BCUT2D eigenvalue weighted by atomic mass is 10.2. The van der Waals surface area contributed by atoms with Crippen molar-refractivity contribution in [1.29, 1.82) is 0 Å². The highest BCUT2D eigenvalue weighted by atomic mass is 16.5. The Hall–Kier alpha value is -3.10. The first-order chi connectivity index (χ1) is 16.7. The van der Waals surface area contributed by atoms with Crippen LogP contribution < -0.4 is 20.1 Å². The number of nitrogens with zero attached hydrogens (tertiary/aromatic N) is 2. The van der Waals surface area contributed by atoms with E-state index in [1.54, 1.807) is 24.6 Å². The van der Waals surface area contributed by atoms with E-state index in [9.17, 15) is 10.2 Å². The van der Waals surface area contributed by atoms with Crippen LogP contribution in [0, 0.1) is 0 Å². The fourth-order valence-corrected chi connectivity index (χ4v) is 3.17. The third-order valence-corrected chi connectivity index (χ3v) is 4.88. The molecule has 0 saturated carbocycles. The highest BCUT2D eigenvalue weighted by molar-refractivity contribution is 5.85. The predicted molar refractivity (Wildman–Crippen MR) is 138 cm³/mol. The number of aliphatic imine (C=N–C) groups is 2. The number of benzene rings is 2. The smallest absolute Gasteiger partial charge is 0.166 e. The first kappa shape index (κ1) is 27.1. The molecular weight excluding hydrogens is 432 g/mol. The zero-order chi connectivity index (χ0) is 24.4. The van der Waals surface area contributed by atoms with Gasteiger partial charge in [-0.25, -0.2) is 0 Å². The van der Waals surface area contributed by atoms with Crippen LogP contribution in [0.5, 0.6) is 23.0 Å². The number of phenolic OH excluding ortho intramolecular Hbond substituents is 2. The SMILES string of the molecule is CCOc1cccc(C=NCCCNCCNCCCN=Cc2cccc(OCC)c2O)c1O. The van der Waals surface area contributed by atoms with Crippen LogP contribution in [0.3, 0.4) is 0 Å². The van der Waals surface area contributed by atoms with Crippen molar-refractivity contribution < 1.29 is 19.7 Å². The maximum absolute atomic E-state index is 10.1. The number of para-hydroxylation sites is 2. The minimum absolute atomic E-state index is 0.136. The van der Waals surface area contributed by atoms with Crippen LogP contribution >= 0.6 is 0 Å². The Morgan fingerprint density at radius 1 is 0.706 bits per heavy atom. The molecule has 0 amide bonds. The van der Waals surface area contributed by atoms with E-state index < -0.39 is 0 Å². The van der Waals surface area contributed by atoms with Crippen LogP contribution in [0.1, 0.15) is 37.8 Å². The first-order valence-electron chi connectivity index (χ1n) is 12.0. The number of aromatic hydroxyl groups is 2. The summed E-state index contributed by atoms with van der Waals surface area (Å²) < 4.78 is 10.8. The second-order valence-electron chi connectivity index (χ2n) is 7.53. The zero-order valence-electron chi connectivity index (χ0n) is 20.3. The predicted octanol–water partition coefficient (Wildman–Crippen LogP) is 3.39. The summed E-state index contributed by atoms with van der Waals surface area (Å²) in [6, 6.07) is 10.8. The van der Waals surface area contributed by atoms with Gasteiger partial charge in [0.05, 0.1) is 13.2 Å². The van der Waals surface area contributed by atoms with Gasteiger partial charge in [-0.1, -0.05) is 12.1 Å². The molecule has 0 unspecified atom stereocenters. The van der Waals surface area contributed by atoms with Gasteiger partial charge in [0.1, 0.15) is 0 Å². The highest BCUT2D eigenvalue weighted by Crippen LogP contribution is 2.29. The van der Waals surface area contributed by atoms with E-state index in [4.69, 9.17) is 9.47 Å². The second kappa shape index (κ2) is 16.5. The van der Waals surface area contributed by atoms with Crippen molar-refractivity contribution in [2.75, 3.05) is 52.5 Å². The minimum atomic E-state index is 0.136. The molecule has 0 radical (unpaired) electrons. The molecule has 4 N–H and O–H groups in total. The standard InChI is InChI=1S/C26H38N4O4/c1-3-33-23-11-5-9-21(25(23)31)19-29-15-7-13-27-17-18-28-14-8-16-30-20-22-10-6-12-24(26(22)32)34-4-2/h5-6,9-12,19-20,27-28,31-32H,3-4,7-8,13-18H2,1-2H3. The molecule has 0 saturated heterocycles. The Kier molecular flexibility index (Phi) is 13.2. The molecule has 2 aromatic rings. The van der Waals surface area contributed by atoms with Crippen LogP contribution in [0.2, 0.25) is 0 Å². The van der Waals surface area contributed by atoms with Crippen LogP contribution in [0.4, 0.5) is 0 Å². The molecule has 2 aromatic carbocycles. The topological polar surface area (TPSA) is 108 Å². The molecule has 0 aliphatic heterocycles. The first-order valence-corrected chi connectivity index (χ1v) is 12.0. The molecule has 0 aliphatic rings. The Morgan fingerprint density at radius 2 is 1.15 bits per heavy atom. The van der Waals surface area contributed by atoms with Crippen molar-refractivity contribution >= 4 is 12.4 Å². The van der Waals surface area contributed by atoms with E-state index in [0.717, 1.165) is 39.0 Å². The number of hydrogen-bond donors (Lipinski definition) is 4. The van der Waals surface area contributed by atoms with Crippen molar-refractivity contribution in [2.24, 2.45) is 9.98 Å². The summed E-state index contributed by atoms with van der Waals surface area (Å²) in [7, 11) is 0. The van der Waals surface area contributed by atoms with E-state index in [1.165, 1.54) is 0 Å². The van der Waals surface area contributed by atoms with Gasteiger partial charge in [0.15, 0.2) is 23.0 Å². The van der Waals surface area contributed by atoms with Crippen molar-refractivity contribution in [1.82, 2.24) is 10.6 Å². The molecule has 0 aromatic heterocycles. The van der Waals surface area contributed by atoms with Gasteiger partial charge in [0, 0.05) is 49.7 Å². The molecular formula is C26H38N4O4. The van der Waals surface area contributed by atoms with Gasteiger partial charge in [0.2, 0.25) is 0 Å². The van der Waals surface area contributed by atoms with Crippen LogP contribution in [0.25, 0.3) is 0 Å². The van der Waals surface area contributed by atoms with Gasteiger partial charge < -0.3 is 30.3 Å². The summed E-state index contributed by atoms with van der Waals surface area (Å²) in [6.07, 6.45) is 5.24. The molecule has 8 heteroatoms. The zero-order valence-corrected chi connectivity index (χ0v) is 20.3. The molecule has 0 spiro atoms. The quantitative estimate of drug-likeness (QED) is 0.209. The van der Waals surface area contributed by atoms with Crippen LogP contribution in [-0.2, 0) is 0 Å². The summed E-state index contributed by atoms with van der Waals surface area (Å²) in [4.78, 5) is 8.78. The summed E-state index contributed by atoms with van der Waals surface area (Å²) >= 11 is 0. The van der Waals surface area contributed by atoms with E-state index in [2.05, 4.69) is 20.6 Å². The molecule has 2 rings (SSSR count). The minimum Gasteiger partial charge on any atom is -0.504 e. The summed E-state index contributed by atoms with van der Waals surface area (Å²) in [6.45, 7) is 9.74. The van der Waals surface area contributed by atoms with Crippen molar-refractivity contribution in [3.05, 3.63) is 47.5 Å². The van der Waals surface area contributed by atoms with Crippen LogP contribution in [-0.4, -0.2) is 75.1 Å². The lowest BCUT2D eigenvalue weighted by Gasteiger charge is -2.07. The molecule has 8 nitrogen and oxygen atoms in total. The number of phenols is 2. The number of ether oxygens (including phenoxy) is 2. The highest BCUT2D eigenvalue weighted by Gasteiger charge is 2.06. The van der Waals surface area contributed by atoms with E-state index in [0.29, 0.717) is 48.9 Å². The monoisotopic (exact) mass is 470 g/mol. The largest absolute Gasteiger partial charge is 0.504 e. The van der Waals surface area contributed by atoms with Crippen molar-refractivity contribution in [3.63, 3.8) is 0 Å². The normalized spacial score (nSPS) is 11.5. The number of hydrogen-bond acceptors (Lipinski definition) is 8.